The van der Waals surface area contributed by atoms with Gasteiger partial charge in [-0.3, -0.25) is 4.79 Å². The second kappa shape index (κ2) is 5.09. The minimum Gasteiger partial charge on any atom is -0.369 e. The van der Waals surface area contributed by atoms with E-state index in [-0.39, 0.29) is 6.42 Å². The van der Waals surface area contributed by atoms with E-state index in [1.165, 1.54) is 0 Å². The molecule has 0 atom stereocenters. The third-order valence-electron chi connectivity index (χ3n) is 2.17. The summed E-state index contributed by atoms with van der Waals surface area (Å²) in [5.74, 6) is 0.0287. The summed E-state index contributed by atoms with van der Waals surface area (Å²) in [6.45, 7) is 0.624. The van der Waals surface area contributed by atoms with Crippen molar-refractivity contribution in [2.24, 2.45) is 5.73 Å². The zero-order chi connectivity index (χ0) is 12.3. The fraction of sp³-hybridized carbons (Fsp3) is 0.182. The van der Waals surface area contributed by atoms with Gasteiger partial charge in [-0.25, -0.2) is 9.67 Å². The summed E-state index contributed by atoms with van der Waals surface area (Å²) < 4.78 is 2.72. The number of rotatable bonds is 4. The van der Waals surface area contributed by atoms with Crippen LogP contribution in [0.5, 0.6) is 0 Å². The molecule has 88 valence electrons. The molecule has 0 radical (unpaired) electrons. The van der Waals surface area contributed by atoms with Gasteiger partial charge in [-0.1, -0.05) is 28.1 Å². The van der Waals surface area contributed by atoms with Crippen LogP contribution in [0.4, 0.5) is 0 Å². The quantitative estimate of drug-likeness (QED) is 0.918. The molecule has 0 aliphatic rings. The Balaban J connectivity index is 2.06. The number of halogens is 1. The lowest BCUT2D eigenvalue weighted by Crippen LogP contribution is -2.15. The number of hydrogen-bond donors (Lipinski definition) is 1. The highest BCUT2D eigenvalue weighted by atomic mass is 79.9. The van der Waals surface area contributed by atoms with Crippen molar-refractivity contribution < 1.29 is 4.79 Å². The molecule has 2 N–H and O–H groups in total. The van der Waals surface area contributed by atoms with Crippen LogP contribution in [0.15, 0.2) is 35.1 Å². The van der Waals surface area contributed by atoms with Crippen LogP contribution in [0.3, 0.4) is 0 Å². The van der Waals surface area contributed by atoms with Gasteiger partial charge in [0.25, 0.3) is 0 Å². The molecule has 5 nitrogen and oxygen atoms in total. The first kappa shape index (κ1) is 11.8. The molecule has 0 saturated heterocycles. The second-order valence-electron chi connectivity index (χ2n) is 3.63. The van der Waals surface area contributed by atoms with E-state index in [0.717, 1.165) is 10.0 Å². The molecule has 1 aromatic carbocycles. The highest BCUT2D eigenvalue weighted by Crippen LogP contribution is 2.11. The molecule has 17 heavy (non-hydrogen) atoms. The van der Waals surface area contributed by atoms with E-state index in [9.17, 15) is 4.79 Å². The molecule has 0 aliphatic carbocycles. The Hall–Kier alpha value is -1.69. The number of aromatic nitrogens is 3. The normalized spacial score (nSPS) is 10.4. The van der Waals surface area contributed by atoms with Crippen molar-refractivity contribution in [2.75, 3.05) is 0 Å². The molecule has 0 aliphatic heterocycles. The Labute approximate surface area is 107 Å². The molecule has 0 saturated carbocycles. The van der Waals surface area contributed by atoms with Crippen molar-refractivity contribution in [3.63, 3.8) is 0 Å². The van der Waals surface area contributed by atoms with E-state index in [0.29, 0.717) is 12.4 Å². The number of hydrogen-bond acceptors (Lipinski definition) is 3. The van der Waals surface area contributed by atoms with E-state index < -0.39 is 5.91 Å². The first-order valence-electron chi connectivity index (χ1n) is 5.04. The van der Waals surface area contributed by atoms with Gasteiger partial charge in [-0.05, 0) is 17.7 Å². The maximum Gasteiger partial charge on any atom is 0.225 e. The monoisotopic (exact) mass is 294 g/mol. The van der Waals surface area contributed by atoms with Crippen molar-refractivity contribution in [1.29, 1.82) is 0 Å². The van der Waals surface area contributed by atoms with Crippen LogP contribution in [0.25, 0.3) is 0 Å². The maximum atomic E-state index is 10.7. The molecule has 6 heteroatoms. The topological polar surface area (TPSA) is 73.8 Å². The summed E-state index contributed by atoms with van der Waals surface area (Å²) in [6, 6.07) is 7.94. The van der Waals surface area contributed by atoms with Crippen LogP contribution in [-0.4, -0.2) is 20.7 Å². The van der Waals surface area contributed by atoms with Gasteiger partial charge < -0.3 is 5.73 Å². The minimum absolute atomic E-state index is 0.0767. The zero-order valence-corrected chi connectivity index (χ0v) is 10.6. The van der Waals surface area contributed by atoms with Gasteiger partial charge in [0.2, 0.25) is 5.91 Å². The molecule has 1 aromatic heterocycles. The summed E-state index contributed by atoms with van der Waals surface area (Å²) in [6.07, 6.45) is 1.67. The van der Waals surface area contributed by atoms with Gasteiger partial charge in [-0.2, -0.15) is 5.10 Å². The summed E-state index contributed by atoms with van der Waals surface area (Å²) in [7, 11) is 0. The second-order valence-corrected chi connectivity index (χ2v) is 4.54. The molecule has 0 bridgehead atoms. The molecule has 1 amide bonds. The van der Waals surface area contributed by atoms with Gasteiger partial charge in [-0.15, -0.1) is 0 Å². The largest absolute Gasteiger partial charge is 0.369 e. The highest BCUT2D eigenvalue weighted by Gasteiger charge is 2.04. The molecule has 2 rings (SSSR count). The number of primary amides is 1. The highest BCUT2D eigenvalue weighted by molar-refractivity contribution is 9.10. The van der Waals surface area contributed by atoms with Crippen LogP contribution >= 0.6 is 15.9 Å². The molecule has 0 fully saturated rings. The van der Waals surface area contributed by atoms with Gasteiger partial charge in [0.15, 0.2) is 5.82 Å². The lowest BCUT2D eigenvalue weighted by molar-refractivity contribution is -0.117. The molecule has 1 heterocycles. The summed E-state index contributed by atoms with van der Waals surface area (Å²) in [4.78, 5) is 14.7. The van der Waals surface area contributed by atoms with Crippen LogP contribution in [-0.2, 0) is 17.8 Å². The Kier molecular flexibility index (Phi) is 3.53. The number of nitrogens with two attached hydrogens (primary N) is 1. The van der Waals surface area contributed by atoms with Crippen LogP contribution in [0.1, 0.15) is 11.4 Å². The lowest BCUT2D eigenvalue weighted by Gasteiger charge is -2.00. The van der Waals surface area contributed by atoms with Gasteiger partial charge in [0, 0.05) is 4.47 Å². The predicted molar refractivity (Wildman–Crippen MR) is 66.2 cm³/mol. The van der Waals surface area contributed by atoms with E-state index in [1.54, 1.807) is 11.0 Å². The summed E-state index contributed by atoms with van der Waals surface area (Å²) in [5, 5.41) is 4.16. The molecule has 2 aromatic rings. The van der Waals surface area contributed by atoms with Crippen molar-refractivity contribution in [3.8, 4) is 0 Å². The Morgan fingerprint density at radius 2 is 2.06 bits per heavy atom. The first-order valence-corrected chi connectivity index (χ1v) is 5.84. The summed E-state index contributed by atoms with van der Waals surface area (Å²) in [5.41, 5.74) is 6.18. The molecule has 0 unspecified atom stereocenters. The maximum absolute atomic E-state index is 10.7. The van der Waals surface area contributed by atoms with E-state index in [1.807, 2.05) is 24.3 Å². The number of nitrogens with zero attached hydrogens (tertiary/aromatic N) is 3. The van der Waals surface area contributed by atoms with Crippen molar-refractivity contribution in [1.82, 2.24) is 14.8 Å². The number of carbonyl (C=O) groups excluding carboxylic acids is 1. The fourth-order valence-corrected chi connectivity index (χ4v) is 1.69. The minimum atomic E-state index is -0.425. The number of carbonyl (C=O) groups is 1. The van der Waals surface area contributed by atoms with Gasteiger partial charge in [0.1, 0.15) is 6.33 Å². The third-order valence-corrected chi connectivity index (χ3v) is 2.70. The average Bonchev–Trinajstić information content (AvgIpc) is 2.68. The average molecular weight is 295 g/mol. The predicted octanol–water partition coefficient (Wildman–Crippen LogP) is 1.12. The van der Waals surface area contributed by atoms with Crippen molar-refractivity contribution in [2.45, 2.75) is 13.0 Å². The molecular weight excluding hydrogens is 284 g/mol. The zero-order valence-electron chi connectivity index (χ0n) is 9.01. The fourth-order valence-electron chi connectivity index (χ4n) is 1.42. The smallest absolute Gasteiger partial charge is 0.225 e. The van der Waals surface area contributed by atoms with Crippen molar-refractivity contribution >= 4 is 21.8 Å². The number of benzene rings is 1. The van der Waals surface area contributed by atoms with E-state index in [4.69, 9.17) is 5.73 Å². The molecule has 0 spiro atoms. The van der Waals surface area contributed by atoms with Crippen molar-refractivity contribution in [3.05, 3.63) is 46.5 Å². The standard InChI is InChI=1S/C11H11BrN4O/c12-9-3-1-8(2-4-9)6-16-7-14-11(15-16)5-10(13)17/h1-4,7H,5-6H2,(H2,13,17). The van der Waals surface area contributed by atoms with E-state index in [2.05, 4.69) is 26.0 Å². The Morgan fingerprint density at radius 1 is 1.35 bits per heavy atom. The molecular formula is C11H11BrN4O. The van der Waals surface area contributed by atoms with E-state index >= 15 is 0 Å². The SMILES string of the molecule is NC(=O)Cc1ncn(Cc2ccc(Br)cc2)n1. The van der Waals surface area contributed by atoms with Gasteiger partial charge in [0.05, 0.1) is 13.0 Å². The Bertz CT molecular complexity index is 521. The van der Waals surface area contributed by atoms with Crippen LogP contribution in [0, 0.1) is 0 Å². The van der Waals surface area contributed by atoms with Gasteiger partial charge >= 0.3 is 0 Å². The summed E-state index contributed by atoms with van der Waals surface area (Å²) >= 11 is 3.38. The van der Waals surface area contributed by atoms with Crippen LogP contribution in [0.2, 0.25) is 0 Å². The lowest BCUT2D eigenvalue weighted by atomic mass is 10.2. The van der Waals surface area contributed by atoms with Crippen LogP contribution < -0.4 is 5.73 Å². The first-order chi connectivity index (χ1) is 8.13. The Morgan fingerprint density at radius 3 is 2.71 bits per heavy atom. The third kappa shape index (κ3) is 3.39. The number of amides is 1.